The molecule has 1 N–H and O–H groups in total. The lowest BCUT2D eigenvalue weighted by molar-refractivity contribution is -0.150. The molecule has 1 rings (SSSR count). The van der Waals surface area contributed by atoms with Gasteiger partial charge in [-0.15, -0.1) is 0 Å². The lowest BCUT2D eigenvalue weighted by Gasteiger charge is -2.26. The zero-order valence-electron chi connectivity index (χ0n) is 10.3. The van der Waals surface area contributed by atoms with Crippen LogP contribution >= 0.6 is 0 Å². The molecule has 0 aromatic rings. The molecule has 1 aliphatic carbocycles. The van der Waals surface area contributed by atoms with Crippen molar-refractivity contribution in [1.82, 2.24) is 5.32 Å². The first kappa shape index (κ1) is 13.5. The number of carbonyl (C=O) groups is 1. The first-order valence-electron chi connectivity index (χ1n) is 6.11. The third-order valence-corrected chi connectivity index (χ3v) is 2.94. The van der Waals surface area contributed by atoms with Crippen LogP contribution < -0.4 is 5.32 Å². The van der Waals surface area contributed by atoms with E-state index in [4.69, 9.17) is 9.47 Å². The van der Waals surface area contributed by atoms with Crippen LogP contribution in [0.1, 0.15) is 32.6 Å². The zero-order valence-corrected chi connectivity index (χ0v) is 10.3. The summed E-state index contributed by atoms with van der Waals surface area (Å²) in [4.78, 5) is 11.5. The van der Waals surface area contributed by atoms with E-state index in [2.05, 4.69) is 12.2 Å². The Kier molecular flexibility index (Phi) is 6.42. The van der Waals surface area contributed by atoms with Gasteiger partial charge in [-0.3, -0.25) is 4.79 Å². The highest BCUT2D eigenvalue weighted by molar-refractivity contribution is 5.71. The highest BCUT2D eigenvalue weighted by atomic mass is 16.5. The van der Waals surface area contributed by atoms with E-state index in [1.807, 2.05) is 0 Å². The van der Waals surface area contributed by atoms with Gasteiger partial charge in [-0.25, -0.2) is 0 Å². The molecular formula is C12H23NO3. The lowest BCUT2D eigenvalue weighted by atomic mass is 9.89. The molecule has 1 fully saturated rings. The molecule has 2 atom stereocenters. The number of rotatable bonds is 6. The van der Waals surface area contributed by atoms with Crippen molar-refractivity contribution in [2.45, 2.75) is 38.7 Å². The van der Waals surface area contributed by atoms with Crippen LogP contribution in [0, 0.1) is 5.92 Å². The molecule has 0 aromatic heterocycles. The molecule has 0 radical (unpaired) electrons. The molecule has 0 saturated heterocycles. The third kappa shape index (κ3) is 5.47. The van der Waals surface area contributed by atoms with E-state index in [0.717, 1.165) is 12.8 Å². The van der Waals surface area contributed by atoms with Gasteiger partial charge in [0.2, 0.25) is 0 Å². The van der Waals surface area contributed by atoms with Crippen molar-refractivity contribution in [2.24, 2.45) is 5.92 Å². The number of ether oxygens (including phenoxy) is 2. The Balaban J connectivity index is 2.08. The van der Waals surface area contributed by atoms with Gasteiger partial charge in [0.1, 0.15) is 6.10 Å². The number of carbonyl (C=O) groups excluding carboxylic acids is 1. The second kappa shape index (κ2) is 7.63. The minimum absolute atomic E-state index is 0.139. The summed E-state index contributed by atoms with van der Waals surface area (Å²) in [5, 5.41) is 2.99. The Morgan fingerprint density at radius 2 is 2.25 bits per heavy atom. The summed E-state index contributed by atoms with van der Waals surface area (Å²) in [5.41, 5.74) is 0. The van der Waals surface area contributed by atoms with Crippen LogP contribution in [0.15, 0.2) is 0 Å². The Morgan fingerprint density at radius 3 is 2.94 bits per heavy atom. The molecule has 4 nitrogen and oxygen atoms in total. The van der Waals surface area contributed by atoms with E-state index in [-0.39, 0.29) is 18.6 Å². The van der Waals surface area contributed by atoms with Gasteiger partial charge in [-0.1, -0.05) is 13.3 Å². The summed E-state index contributed by atoms with van der Waals surface area (Å²) in [5.74, 6) is 0.545. The van der Waals surface area contributed by atoms with Crippen LogP contribution in [0.5, 0.6) is 0 Å². The van der Waals surface area contributed by atoms with E-state index in [9.17, 15) is 4.79 Å². The Hall–Kier alpha value is -0.610. The lowest BCUT2D eigenvalue weighted by Crippen LogP contribution is -2.32. The number of methoxy groups -OCH3 is 1. The fourth-order valence-corrected chi connectivity index (χ4v) is 2.08. The SMILES string of the molecule is COCCNCC(=O)OC1CCCC(C)C1. The summed E-state index contributed by atoms with van der Waals surface area (Å²) >= 11 is 0. The fourth-order valence-electron chi connectivity index (χ4n) is 2.08. The first-order chi connectivity index (χ1) is 7.72. The maximum atomic E-state index is 11.5. The third-order valence-electron chi connectivity index (χ3n) is 2.94. The minimum atomic E-state index is -0.143. The largest absolute Gasteiger partial charge is 0.461 e. The molecule has 0 heterocycles. The second-order valence-corrected chi connectivity index (χ2v) is 4.55. The van der Waals surface area contributed by atoms with E-state index in [1.54, 1.807) is 7.11 Å². The average Bonchev–Trinajstić information content (AvgIpc) is 2.24. The van der Waals surface area contributed by atoms with Crippen LogP contribution in [-0.4, -0.2) is 38.9 Å². The summed E-state index contributed by atoms with van der Waals surface area (Å²) in [6, 6.07) is 0. The van der Waals surface area contributed by atoms with E-state index in [1.165, 1.54) is 12.8 Å². The molecule has 16 heavy (non-hydrogen) atoms. The molecular weight excluding hydrogens is 206 g/mol. The number of nitrogens with one attached hydrogen (secondary N) is 1. The smallest absolute Gasteiger partial charge is 0.320 e. The van der Waals surface area contributed by atoms with Gasteiger partial charge < -0.3 is 14.8 Å². The van der Waals surface area contributed by atoms with Gasteiger partial charge >= 0.3 is 5.97 Å². The van der Waals surface area contributed by atoms with E-state index >= 15 is 0 Å². The van der Waals surface area contributed by atoms with Gasteiger partial charge in [0.25, 0.3) is 0 Å². The van der Waals surface area contributed by atoms with Crippen LogP contribution in [0.4, 0.5) is 0 Å². The summed E-state index contributed by atoms with van der Waals surface area (Å²) in [6.07, 6.45) is 4.62. The molecule has 0 bridgehead atoms. The van der Waals surface area contributed by atoms with E-state index in [0.29, 0.717) is 19.1 Å². The highest BCUT2D eigenvalue weighted by Crippen LogP contribution is 2.25. The van der Waals surface area contributed by atoms with Crippen molar-refractivity contribution < 1.29 is 14.3 Å². The second-order valence-electron chi connectivity index (χ2n) is 4.55. The predicted octanol–water partition coefficient (Wildman–Crippen LogP) is 1.34. The molecule has 0 amide bonds. The van der Waals surface area contributed by atoms with E-state index < -0.39 is 0 Å². The zero-order chi connectivity index (χ0) is 11.8. The standard InChI is InChI=1S/C12H23NO3/c1-10-4-3-5-11(8-10)16-12(14)9-13-6-7-15-2/h10-11,13H,3-9H2,1-2H3. The molecule has 2 unspecified atom stereocenters. The van der Waals surface area contributed by atoms with Gasteiger partial charge in [-0.05, 0) is 25.2 Å². The molecule has 0 aromatic carbocycles. The molecule has 0 aliphatic heterocycles. The molecule has 1 saturated carbocycles. The van der Waals surface area contributed by atoms with Crippen LogP contribution in [0.3, 0.4) is 0 Å². The Morgan fingerprint density at radius 1 is 1.44 bits per heavy atom. The van der Waals surface area contributed by atoms with Crippen molar-refractivity contribution >= 4 is 5.97 Å². The highest BCUT2D eigenvalue weighted by Gasteiger charge is 2.21. The molecule has 1 aliphatic rings. The summed E-state index contributed by atoms with van der Waals surface area (Å²) < 4.78 is 10.3. The monoisotopic (exact) mass is 229 g/mol. The fraction of sp³-hybridized carbons (Fsp3) is 0.917. The number of hydrogen-bond acceptors (Lipinski definition) is 4. The quantitative estimate of drug-likeness (QED) is 0.551. The maximum Gasteiger partial charge on any atom is 0.320 e. The molecule has 4 heteroatoms. The van der Waals surface area contributed by atoms with Crippen molar-refractivity contribution in [3.63, 3.8) is 0 Å². The van der Waals surface area contributed by atoms with Crippen LogP contribution in [0.25, 0.3) is 0 Å². The average molecular weight is 229 g/mol. The van der Waals surface area contributed by atoms with Crippen LogP contribution in [0.2, 0.25) is 0 Å². The van der Waals surface area contributed by atoms with Gasteiger partial charge in [-0.2, -0.15) is 0 Å². The normalized spacial score (nSPS) is 25.4. The Labute approximate surface area is 97.7 Å². The number of esters is 1. The van der Waals surface area contributed by atoms with Crippen molar-refractivity contribution in [1.29, 1.82) is 0 Å². The Bertz CT molecular complexity index is 208. The van der Waals surface area contributed by atoms with Crippen LogP contribution in [-0.2, 0) is 14.3 Å². The minimum Gasteiger partial charge on any atom is -0.461 e. The summed E-state index contributed by atoms with van der Waals surface area (Å²) in [7, 11) is 1.64. The maximum absolute atomic E-state index is 11.5. The summed E-state index contributed by atoms with van der Waals surface area (Å²) in [6.45, 7) is 3.81. The van der Waals surface area contributed by atoms with Gasteiger partial charge in [0.15, 0.2) is 0 Å². The number of hydrogen-bond donors (Lipinski definition) is 1. The van der Waals surface area contributed by atoms with Crippen molar-refractivity contribution in [3.05, 3.63) is 0 Å². The first-order valence-corrected chi connectivity index (χ1v) is 6.11. The van der Waals surface area contributed by atoms with Gasteiger partial charge in [0, 0.05) is 13.7 Å². The molecule has 94 valence electrons. The van der Waals surface area contributed by atoms with Crippen molar-refractivity contribution in [3.8, 4) is 0 Å². The topological polar surface area (TPSA) is 47.6 Å². The molecule has 0 spiro atoms. The van der Waals surface area contributed by atoms with Crippen molar-refractivity contribution in [2.75, 3.05) is 26.8 Å². The van der Waals surface area contributed by atoms with Gasteiger partial charge in [0.05, 0.1) is 13.2 Å². The predicted molar refractivity (Wildman–Crippen MR) is 62.3 cm³/mol.